The molecule has 0 radical (unpaired) electrons. The summed E-state index contributed by atoms with van der Waals surface area (Å²) in [4.78, 5) is 20.9. The molecule has 0 aliphatic rings. The number of hydrogen-bond acceptors (Lipinski definition) is 5. The molecule has 0 saturated heterocycles. The van der Waals surface area contributed by atoms with Crippen LogP contribution < -0.4 is 10.6 Å². The van der Waals surface area contributed by atoms with E-state index in [1.807, 2.05) is 0 Å². The van der Waals surface area contributed by atoms with Gasteiger partial charge in [-0.1, -0.05) is 29.3 Å². The molecule has 0 aliphatic carbocycles. The summed E-state index contributed by atoms with van der Waals surface area (Å²) < 4.78 is 4.98. The highest BCUT2D eigenvalue weighted by molar-refractivity contribution is 6.44. The molecule has 6 nitrogen and oxygen atoms in total. The van der Waals surface area contributed by atoms with Gasteiger partial charge in [0.05, 0.1) is 15.7 Å². The van der Waals surface area contributed by atoms with Crippen LogP contribution in [-0.2, 0) is 4.74 Å². The second-order valence-electron chi connectivity index (χ2n) is 5.05. The van der Waals surface area contributed by atoms with Crippen molar-refractivity contribution < 1.29 is 9.53 Å². The number of hydrogen-bond donors (Lipinski definition) is 2. The van der Waals surface area contributed by atoms with Crippen molar-refractivity contribution in [1.82, 2.24) is 9.97 Å². The van der Waals surface area contributed by atoms with Crippen molar-refractivity contribution in [3.05, 3.63) is 45.7 Å². The Kier molecular flexibility index (Phi) is 6.78. The molecule has 2 aromatic rings. The van der Waals surface area contributed by atoms with Gasteiger partial charge < -0.3 is 15.4 Å². The van der Waals surface area contributed by atoms with Gasteiger partial charge in [-0.2, -0.15) is 0 Å². The number of methoxy groups -OCH3 is 1. The Balaban J connectivity index is 2.11. The fourth-order valence-corrected chi connectivity index (χ4v) is 2.32. The van der Waals surface area contributed by atoms with Crippen molar-refractivity contribution in [2.75, 3.05) is 30.9 Å². The first kappa shape index (κ1) is 18.4. The van der Waals surface area contributed by atoms with Crippen LogP contribution in [0.3, 0.4) is 0 Å². The zero-order valence-corrected chi connectivity index (χ0v) is 14.9. The van der Waals surface area contributed by atoms with Gasteiger partial charge in [0, 0.05) is 26.0 Å². The van der Waals surface area contributed by atoms with Gasteiger partial charge in [0.25, 0.3) is 5.91 Å². The molecule has 0 fully saturated rings. The van der Waals surface area contributed by atoms with Crippen LogP contribution in [0.5, 0.6) is 0 Å². The summed E-state index contributed by atoms with van der Waals surface area (Å²) >= 11 is 12.0. The second kappa shape index (κ2) is 8.82. The number of aryl methyl sites for hydroxylation is 1. The van der Waals surface area contributed by atoms with Crippen LogP contribution in [0, 0.1) is 6.92 Å². The van der Waals surface area contributed by atoms with Gasteiger partial charge in [-0.25, -0.2) is 9.97 Å². The largest absolute Gasteiger partial charge is 0.385 e. The molecule has 0 saturated carbocycles. The molecule has 0 aliphatic heterocycles. The topological polar surface area (TPSA) is 76.1 Å². The van der Waals surface area contributed by atoms with E-state index in [2.05, 4.69) is 20.6 Å². The minimum Gasteiger partial charge on any atom is -0.385 e. The molecule has 8 heteroatoms. The van der Waals surface area contributed by atoms with E-state index in [1.54, 1.807) is 38.3 Å². The van der Waals surface area contributed by atoms with Gasteiger partial charge in [-0.3, -0.25) is 4.79 Å². The Morgan fingerprint density at radius 1 is 1.29 bits per heavy atom. The molecule has 0 bridgehead atoms. The SMILES string of the molecule is COCCCNc1nc(C)cc(C(=O)Nc2cccc(Cl)c2Cl)n1. The monoisotopic (exact) mass is 368 g/mol. The third kappa shape index (κ3) is 5.06. The van der Waals surface area contributed by atoms with Crippen molar-refractivity contribution >= 4 is 40.7 Å². The number of carbonyl (C=O) groups is 1. The van der Waals surface area contributed by atoms with E-state index < -0.39 is 0 Å². The van der Waals surface area contributed by atoms with Gasteiger partial charge in [0.15, 0.2) is 0 Å². The van der Waals surface area contributed by atoms with Crippen LogP contribution in [0.4, 0.5) is 11.6 Å². The third-order valence-electron chi connectivity index (χ3n) is 3.10. The van der Waals surface area contributed by atoms with Crippen LogP contribution in [0.1, 0.15) is 22.6 Å². The number of anilines is 2. The number of benzene rings is 1. The molecule has 2 rings (SSSR count). The first-order chi connectivity index (χ1) is 11.5. The number of amides is 1. The molecule has 2 N–H and O–H groups in total. The van der Waals surface area contributed by atoms with Crippen molar-refractivity contribution in [1.29, 1.82) is 0 Å². The van der Waals surface area contributed by atoms with Crippen LogP contribution in [0.25, 0.3) is 0 Å². The Morgan fingerprint density at radius 2 is 2.08 bits per heavy atom. The van der Waals surface area contributed by atoms with Crippen LogP contribution in [-0.4, -0.2) is 36.1 Å². The van der Waals surface area contributed by atoms with Gasteiger partial charge in [-0.05, 0) is 31.5 Å². The molecular formula is C16H18Cl2N4O2. The highest BCUT2D eigenvalue weighted by atomic mass is 35.5. The summed E-state index contributed by atoms with van der Waals surface area (Å²) in [6, 6.07) is 6.63. The van der Waals surface area contributed by atoms with Gasteiger partial charge in [0.2, 0.25) is 5.95 Å². The maximum atomic E-state index is 12.4. The quantitative estimate of drug-likeness (QED) is 0.727. The lowest BCUT2D eigenvalue weighted by Gasteiger charge is -2.10. The molecule has 1 aromatic heterocycles. The average molecular weight is 369 g/mol. The Labute approximate surface area is 150 Å². The normalized spacial score (nSPS) is 10.5. The van der Waals surface area contributed by atoms with Crippen molar-refractivity contribution in [3.63, 3.8) is 0 Å². The number of ether oxygens (including phenoxy) is 1. The third-order valence-corrected chi connectivity index (χ3v) is 3.91. The van der Waals surface area contributed by atoms with Crippen LogP contribution in [0.15, 0.2) is 24.3 Å². The molecular weight excluding hydrogens is 351 g/mol. The summed E-state index contributed by atoms with van der Waals surface area (Å²) in [5.74, 6) is 0.0121. The zero-order valence-electron chi connectivity index (χ0n) is 13.4. The maximum Gasteiger partial charge on any atom is 0.274 e. The van der Waals surface area contributed by atoms with E-state index in [0.29, 0.717) is 35.5 Å². The Morgan fingerprint density at radius 3 is 2.83 bits per heavy atom. The summed E-state index contributed by atoms with van der Waals surface area (Å²) in [5, 5.41) is 6.43. The van der Waals surface area contributed by atoms with Crippen molar-refractivity contribution in [2.24, 2.45) is 0 Å². The van der Waals surface area contributed by atoms with E-state index in [1.165, 1.54) is 0 Å². The molecule has 0 atom stereocenters. The first-order valence-corrected chi connectivity index (χ1v) is 8.10. The number of nitrogens with zero attached hydrogens (tertiary/aromatic N) is 2. The van der Waals surface area contributed by atoms with E-state index in [9.17, 15) is 4.79 Å². The lowest BCUT2D eigenvalue weighted by atomic mass is 10.3. The molecule has 128 valence electrons. The molecule has 0 spiro atoms. The molecule has 1 amide bonds. The van der Waals surface area contributed by atoms with Crippen molar-refractivity contribution in [2.45, 2.75) is 13.3 Å². The van der Waals surface area contributed by atoms with Crippen LogP contribution >= 0.6 is 23.2 Å². The van der Waals surface area contributed by atoms with Gasteiger partial charge in [0.1, 0.15) is 5.69 Å². The molecule has 1 heterocycles. The number of carbonyl (C=O) groups excluding carboxylic acids is 1. The average Bonchev–Trinajstić information content (AvgIpc) is 2.55. The Hall–Kier alpha value is -1.89. The van der Waals surface area contributed by atoms with E-state index in [-0.39, 0.29) is 16.6 Å². The lowest BCUT2D eigenvalue weighted by Crippen LogP contribution is -2.17. The lowest BCUT2D eigenvalue weighted by molar-refractivity contribution is 0.102. The summed E-state index contributed by atoms with van der Waals surface area (Å²) in [6.45, 7) is 3.09. The summed E-state index contributed by atoms with van der Waals surface area (Å²) in [6.07, 6.45) is 0.813. The van der Waals surface area contributed by atoms with E-state index in [4.69, 9.17) is 27.9 Å². The Bertz CT molecular complexity index is 725. The van der Waals surface area contributed by atoms with Gasteiger partial charge in [-0.15, -0.1) is 0 Å². The fraction of sp³-hybridized carbons (Fsp3) is 0.312. The maximum absolute atomic E-state index is 12.4. The number of aromatic nitrogens is 2. The van der Waals surface area contributed by atoms with Crippen LogP contribution in [0.2, 0.25) is 10.0 Å². The predicted octanol–water partition coefficient (Wildman–Crippen LogP) is 3.79. The highest BCUT2D eigenvalue weighted by Gasteiger charge is 2.13. The minimum absolute atomic E-state index is 0.243. The second-order valence-corrected chi connectivity index (χ2v) is 5.83. The standard InChI is InChI=1S/C16H18Cl2N4O2/c1-10-9-13(22-16(20-10)19-7-4-8-24-2)15(23)21-12-6-3-5-11(17)14(12)18/h3,5-6,9H,4,7-8H2,1-2H3,(H,21,23)(H,19,20,22). The predicted molar refractivity (Wildman–Crippen MR) is 96.2 cm³/mol. The number of halogens is 2. The molecule has 24 heavy (non-hydrogen) atoms. The first-order valence-electron chi connectivity index (χ1n) is 7.35. The fourth-order valence-electron chi connectivity index (χ4n) is 1.97. The number of rotatable bonds is 7. The summed E-state index contributed by atoms with van der Waals surface area (Å²) in [7, 11) is 1.65. The summed E-state index contributed by atoms with van der Waals surface area (Å²) in [5.41, 5.74) is 1.36. The van der Waals surface area contributed by atoms with E-state index >= 15 is 0 Å². The molecule has 1 aromatic carbocycles. The van der Waals surface area contributed by atoms with Crippen molar-refractivity contribution in [3.8, 4) is 0 Å². The van der Waals surface area contributed by atoms with E-state index in [0.717, 1.165) is 6.42 Å². The minimum atomic E-state index is -0.385. The molecule has 0 unspecified atom stereocenters. The highest BCUT2D eigenvalue weighted by Crippen LogP contribution is 2.29. The van der Waals surface area contributed by atoms with Gasteiger partial charge >= 0.3 is 0 Å². The number of nitrogens with one attached hydrogen (secondary N) is 2. The smallest absolute Gasteiger partial charge is 0.274 e. The zero-order chi connectivity index (χ0) is 17.5.